The Kier molecular flexibility index (Phi) is 8.07. The van der Waals surface area contributed by atoms with Gasteiger partial charge < -0.3 is 28.6 Å². The minimum atomic E-state index is -0.637. The molecular weight excluding hydrogens is 506 g/mol. The Morgan fingerprint density at radius 2 is 1.87 bits per heavy atom. The number of hydrogen-bond acceptors (Lipinski definition) is 6. The van der Waals surface area contributed by atoms with E-state index in [1.165, 1.54) is 0 Å². The van der Waals surface area contributed by atoms with Crippen molar-refractivity contribution in [3.05, 3.63) is 94.0 Å². The highest BCUT2D eigenvalue weighted by molar-refractivity contribution is 6.30. The van der Waals surface area contributed by atoms with Crippen LogP contribution in [0.2, 0.25) is 5.02 Å². The zero-order valence-corrected chi connectivity index (χ0v) is 22.4. The number of amides is 1. The van der Waals surface area contributed by atoms with Crippen molar-refractivity contribution in [2.24, 2.45) is 0 Å². The summed E-state index contributed by atoms with van der Waals surface area (Å²) in [7, 11) is 0. The molecule has 3 aromatic rings. The van der Waals surface area contributed by atoms with Crippen LogP contribution in [0.5, 0.6) is 11.5 Å². The van der Waals surface area contributed by atoms with Crippen molar-refractivity contribution >= 4 is 17.7 Å². The number of fused-ring (bicyclic) bond motifs is 1. The van der Waals surface area contributed by atoms with Gasteiger partial charge in [-0.25, -0.2) is 4.79 Å². The predicted molar refractivity (Wildman–Crippen MR) is 143 cm³/mol. The SMILES string of the molecule is CC1(C)OCc2cc([C@@H]3CN(CCc4ccc(OCCOCc5cccc(Cl)c5)cc4)C(=O)O3)ccc2O1. The molecule has 8 heteroatoms. The summed E-state index contributed by atoms with van der Waals surface area (Å²) in [6, 6.07) is 21.4. The number of carbonyl (C=O) groups is 1. The van der Waals surface area contributed by atoms with Crippen LogP contribution in [0.1, 0.15) is 42.2 Å². The molecule has 200 valence electrons. The van der Waals surface area contributed by atoms with Gasteiger partial charge in [0.25, 0.3) is 0 Å². The van der Waals surface area contributed by atoms with E-state index in [4.69, 9.17) is 35.3 Å². The molecule has 3 aromatic carbocycles. The molecule has 1 fully saturated rings. The van der Waals surface area contributed by atoms with E-state index in [2.05, 4.69) is 0 Å². The summed E-state index contributed by atoms with van der Waals surface area (Å²) in [5.41, 5.74) is 4.07. The van der Waals surface area contributed by atoms with Crippen LogP contribution in [0.3, 0.4) is 0 Å². The number of nitrogens with zero attached hydrogens (tertiary/aromatic N) is 1. The lowest BCUT2D eigenvalue weighted by Crippen LogP contribution is -2.35. The molecule has 38 heavy (non-hydrogen) atoms. The lowest BCUT2D eigenvalue weighted by molar-refractivity contribution is -0.180. The van der Waals surface area contributed by atoms with Crippen molar-refractivity contribution in [2.45, 2.75) is 45.4 Å². The first-order valence-corrected chi connectivity index (χ1v) is 13.2. The van der Waals surface area contributed by atoms with Gasteiger partial charge in [0.05, 0.1) is 26.4 Å². The average molecular weight is 538 g/mol. The Morgan fingerprint density at radius 3 is 2.68 bits per heavy atom. The van der Waals surface area contributed by atoms with Gasteiger partial charge in [-0.15, -0.1) is 0 Å². The average Bonchev–Trinajstić information content (AvgIpc) is 3.27. The van der Waals surface area contributed by atoms with Crippen LogP contribution in [0, 0.1) is 0 Å². The number of hydrogen-bond donors (Lipinski definition) is 0. The number of rotatable bonds is 10. The summed E-state index contributed by atoms with van der Waals surface area (Å²) in [6.45, 7) is 6.78. The normalized spacial score (nSPS) is 18.0. The summed E-state index contributed by atoms with van der Waals surface area (Å²) >= 11 is 5.99. The first kappa shape index (κ1) is 26.4. The molecule has 0 aliphatic carbocycles. The van der Waals surface area contributed by atoms with Gasteiger partial charge in [-0.3, -0.25) is 0 Å². The van der Waals surface area contributed by atoms with Gasteiger partial charge in [0.15, 0.2) is 0 Å². The molecule has 0 N–H and O–H groups in total. The van der Waals surface area contributed by atoms with Crippen molar-refractivity contribution in [3.8, 4) is 11.5 Å². The third-order valence-corrected chi connectivity index (χ3v) is 6.76. The molecule has 0 unspecified atom stereocenters. The Bertz CT molecular complexity index is 1260. The smallest absolute Gasteiger partial charge is 0.410 e. The molecule has 2 aliphatic heterocycles. The molecule has 0 radical (unpaired) electrons. The Labute approximate surface area is 228 Å². The van der Waals surface area contributed by atoms with Crippen LogP contribution >= 0.6 is 11.6 Å². The minimum absolute atomic E-state index is 0.293. The summed E-state index contributed by atoms with van der Waals surface area (Å²) in [5.74, 6) is 0.954. The first-order valence-electron chi connectivity index (χ1n) is 12.8. The van der Waals surface area contributed by atoms with Crippen molar-refractivity contribution in [1.82, 2.24) is 4.90 Å². The Hall–Kier alpha value is -3.26. The monoisotopic (exact) mass is 537 g/mol. The summed E-state index contributed by atoms with van der Waals surface area (Å²) in [4.78, 5) is 14.3. The van der Waals surface area contributed by atoms with E-state index in [0.717, 1.165) is 40.2 Å². The van der Waals surface area contributed by atoms with E-state index in [1.807, 2.05) is 80.6 Å². The maximum atomic E-state index is 12.5. The summed E-state index contributed by atoms with van der Waals surface area (Å²) in [6.07, 6.45) is 0.130. The van der Waals surface area contributed by atoms with E-state index < -0.39 is 5.79 Å². The lowest BCUT2D eigenvalue weighted by Gasteiger charge is -2.32. The van der Waals surface area contributed by atoms with Gasteiger partial charge >= 0.3 is 6.09 Å². The minimum Gasteiger partial charge on any atom is -0.491 e. The fourth-order valence-electron chi connectivity index (χ4n) is 4.47. The predicted octanol–water partition coefficient (Wildman–Crippen LogP) is 6.32. The highest BCUT2D eigenvalue weighted by Crippen LogP contribution is 2.35. The van der Waals surface area contributed by atoms with Gasteiger partial charge in [0.1, 0.15) is 24.2 Å². The molecule has 1 atom stereocenters. The molecule has 1 amide bonds. The molecule has 0 aromatic heterocycles. The molecule has 0 bridgehead atoms. The summed E-state index contributed by atoms with van der Waals surface area (Å²) in [5, 5.41) is 0.702. The van der Waals surface area contributed by atoms with Crippen LogP contribution in [-0.2, 0) is 33.8 Å². The van der Waals surface area contributed by atoms with Gasteiger partial charge in [0.2, 0.25) is 5.79 Å². The maximum Gasteiger partial charge on any atom is 0.410 e. The first-order chi connectivity index (χ1) is 18.3. The summed E-state index contributed by atoms with van der Waals surface area (Å²) < 4.78 is 28.7. The van der Waals surface area contributed by atoms with Crippen LogP contribution in [0.25, 0.3) is 0 Å². The van der Waals surface area contributed by atoms with Gasteiger partial charge in [-0.05, 0) is 59.5 Å². The molecule has 5 rings (SSSR count). The Balaban J connectivity index is 1.05. The van der Waals surface area contributed by atoms with E-state index in [9.17, 15) is 4.79 Å². The van der Waals surface area contributed by atoms with E-state index in [-0.39, 0.29) is 12.2 Å². The second-order valence-electron chi connectivity index (χ2n) is 9.90. The fourth-order valence-corrected chi connectivity index (χ4v) is 4.69. The zero-order chi connectivity index (χ0) is 26.5. The van der Waals surface area contributed by atoms with Crippen LogP contribution < -0.4 is 9.47 Å². The van der Waals surface area contributed by atoms with Gasteiger partial charge in [-0.1, -0.05) is 41.9 Å². The third-order valence-electron chi connectivity index (χ3n) is 6.52. The number of benzene rings is 3. The number of carbonyl (C=O) groups excluding carboxylic acids is 1. The number of ether oxygens (including phenoxy) is 5. The molecule has 2 aliphatic rings. The maximum absolute atomic E-state index is 12.5. The quantitative estimate of drug-likeness (QED) is 0.282. The molecule has 7 nitrogen and oxygen atoms in total. The largest absolute Gasteiger partial charge is 0.491 e. The van der Waals surface area contributed by atoms with Crippen molar-refractivity contribution in [3.63, 3.8) is 0 Å². The van der Waals surface area contributed by atoms with Crippen LogP contribution in [-0.4, -0.2) is 43.1 Å². The molecule has 0 saturated carbocycles. The van der Waals surface area contributed by atoms with Crippen molar-refractivity contribution < 1.29 is 28.5 Å². The lowest BCUT2D eigenvalue weighted by atomic mass is 10.0. The molecule has 0 spiro atoms. The second kappa shape index (κ2) is 11.6. The molecule has 1 saturated heterocycles. The van der Waals surface area contributed by atoms with Crippen molar-refractivity contribution in [1.29, 1.82) is 0 Å². The number of halogens is 1. The van der Waals surface area contributed by atoms with E-state index >= 15 is 0 Å². The second-order valence-corrected chi connectivity index (χ2v) is 10.3. The van der Waals surface area contributed by atoms with E-state index in [1.54, 1.807) is 4.90 Å². The van der Waals surface area contributed by atoms with Gasteiger partial charge in [0, 0.05) is 31.0 Å². The van der Waals surface area contributed by atoms with Crippen LogP contribution in [0.4, 0.5) is 4.79 Å². The topological polar surface area (TPSA) is 66.5 Å². The highest BCUT2D eigenvalue weighted by Gasteiger charge is 2.33. The fraction of sp³-hybridized carbons (Fsp3) is 0.367. The zero-order valence-electron chi connectivity index (χ0n) is 21.7. The number of cyclic esters (lactones) is 1. The third kappa shape index (κ3) is 6.78. The highest BCUT2D eigenvalue weighted by atomic mass is 35.5. The van der Waals surface area contributed by atoms with Crippen LogP contribution in [0.15, 0.2) is 66.7 Å². The standard InChI is InChI=1S/C30H32ClNO6/c1-30(2)36-20-24-17-23(8-11-27(24)38-30)28-18-32(29(33)37-28)13-12-21-6-9-26(10-7-21)35-15-14-34-19-22-4-3-5-25(31)16-22/h3-11,16-17,28H,12-15,18-20H2,1-2H3/t28-/m0/s1. The Morgan fingerprint density at radius 1 is 1.03 bits per heavy atom. The molecular formula is C30H32ClNO6. The van der Waals surface area contributed by atoms with E-state index in [0.29, 0.717) is 44.5 Å². The van der Waals surface area contributed by atoms with Gasteiger partial charge in [-0.2, -0.15) is 0 Å². The molecule has 2 heterocycles. The van der Waals surface area contributed by atoms with Crippen molar-refractivity contribution in [2.75, 3.05) is 26.3 Å².